The topological polar surface area (TPSA) is 157 Å². The predicted molar refractivity (Wildman–Crippen MR) is 145 cm³/mol. The number of ether oxygens (including phenoxy) is 2. The Balaban J connectivity index is 3.58. The second kappa shape index (κ2) is 14.2. The van der Waals surface area contributed by atoms with Crippen LogP contribution in [0.4, 0.5) is 4.79 Å². The number of esters is 1. The number of nitrogens with zero attached hydrogens (tertiary/aromatic N) is 1. The molecule has 11 heteroatoms. The third kappa shape index (κ3) is 10.7. The van der Waals surface area contributed by atoms with Gasteiger partial charge >= 0.3 is 12.1 Å². The third-order valence-electron chi connectivity index (χ3n) is 5.21. The van der Waals surface area contributed by atoms with Gasteiger partial charge in [0.15, 0.2) is 0 Å². The molecule has 0 aliphatic carbocycles. The van der Waals surface area contributed by atoms with Crippen LogP contribution in [0.1, 0.15) is 78.5 Å². The molecule has 0 heterocycles. The molecule has 214 valence electrons. The molecule has 0 aliphatic rings. The van der Waals surface area contributed by atoms with E-state index in [0.29, 0.717) is 11.1 Å². The molecular weight excluding hydrogens is 504 g/mol. The van der Waals surface area contributed by atoms with Crippen molar-refractivity contribution in [3.8, 4) is 12.3 Å². The van der Waals surface area contributed by atoms with E-state index in [-0.39, 0.29) is 19.6 Å². The lowest BCUT2D eigenvalue weighted by Crippen LogP contribution is -2.59. The molecule has 39 heavy (non-hydrogen) atoms. The van der Waals surface area contributed by atoms with Crippen molar-refractivity contribution < 1.29 is 33.4 Å². The van der Waals surface area contributed by atoms with E-state index in [1.807, 2.05) is 0 Å². The van der Waals surface area contributed by atoms with Gasteiger partial charge in [-0.1, -0.05) is 24.1 Å². The largest absolute Gasteiger partial charge is 0.466 e. The SMILES string of the molecule is C#Cc1ccccc1C(C(=O)NCCC(=O)OCC)N(C(=O)C(CC(N)=O)NC(=O)OC(C)(C)C)C(C)(C)C. The predicted octanol–water partition coefficient (Wildman–Crippen LogP) is 2.17. The van der Waals surface area contributed by atoms with Gasteiger partial charge in [-0.2, -0.15) is 0 Å². The lowest BCUT2D eigenvalue weighted by Gasteiger charge is -2.43. The molecule has 1 aromatic rings. The van der Waals surface area contributed by atoms with Crippen molar-refractivity contribution in [1.82, 2.24) is 15.5 Å². The second-order valence-electron chi connectivity index (χ2n) is 10.7. The van der Waals surface area contributed by atoms with Crippen LogP contribution in [0.5, 0.6) is 0 Å². The Morgan fingerprint density at radius 3 is 2.21 bits per heavy atom. The fourth-order valence-electron chi connectivity index (χ4n) is 3.75. The first kappa shape index (κ1) is 33.0. The average Bonchev–Trinajstić information content (AvgIpc) is 2.79. The lowest BCUT2D eigenvalue weighted by atomic mass is 9.92. The summed E-state index contributed by atoms with van der Waals surface area (Å²) in [6, 6.07) is 3.87. The third-order valence-corrected chi connectivity index (χ3v) is 5.21. The van der Waals surface area contributed by atoms with Gasteiger partial charge in [0.25, 0.3) is 0 Å². The molecular formula is C28H40N4O7. The van der Waals surface area contributed by atoms with Crippen molar-refractivity contribution in [2.75, 3.05) is 13.2 Å². The highest BCUT2D eigenvalue weighted by atomic mass is 16.6. The number of benzene rings is 1. The summed E-state index contributed by atoms with van der Waals surface area (Å²) < 4.78 is 10.2. The summed E-state index contributed by atoms with van der Waals surface area (Å²) in [6.45, 7) is 11.8. The molecule has 0 aromatic heterocycles. The minimum absolute atomic E-state index is 0.0561. The van der Waals surface area contributed by atoms with Gasteiger partial charge in [0.05, 0.1) is 19.4 Å². The normalized spacial score (nSPS) is 12.8. The number of nitrogens with two attached hydrogens (primary N) is 1. The second-order valence-corrected chi connectivity index (χ2v) is 10.7. The summed E-state index contributed by atoms with van der Waals surface area (Å²) in [5, 5.41) is 5.09. The lowest BCUT2D eigenvalue weighted by molar-refractivity contribution is -0.149. The highest BCUT2D eigenvalue weighted by molar-refractivity contribution is 5.95. The number of hydrogen-bond acceptors (Lipinski definition) is 7. The van der Waals surface area contributed by atoms with Crippen LogP contribution in [-0.4, -0.2) is 65.0 Å². The van der Waals surface area contributed by atoms with Crippen molar-refractivity contribution in [1.29, 1.82) is 0 Å². The van der Waals surface area contributed by atoms with Crippen LogP contribution in [0.2, 0.25) is 0 Å². The van der Waals surface area contributed by atoms with Gasteiger partial charge in [-0.05, 0) is 60.1 Å². The van der Waals surface area contributed by atoms with Gasteiger partial charge in [-0.3, -0.25) is 19.2 Å². The fourth-order valence-corrected chi connectivity index (χ4v) is 3.75. The maximum absolute atomic E-state index is 14.1. The molecule has 0 fully saturated rings. The molecule has 0 bridgehead atoms. The van der Waals surface area contributed by atoms with E-state index in [4.69, 9.17) is 21.6 Å². The number of carbonyl (C=O) groups excluding carboxylic acids is 5. The van der Waals surface area contributed by atoms with Gasteiger partial charge in [0.1, 0.15) is 17.7 Å². The zero-order valence-electron chi connectivity index (χ0n) is 23.8. The molecule has 1 rings (SSSR count). The summed E-state index contributed by atoms with van der Waals surface area (Å²) in [4.78, 5) is 65.2. The summed E-state index contributed by atoms with van der Waals surface area (Å²) in [5.74, 6) is -0.198. The summed E-state index contributed by atoms with van der Waals surface area (Å²) in [5.41, 5.74) is 4.21. The number of amides is 4. The van der Waals surface area contributed by atoms with E-state index < -0.39 is 59.4 Å². The van der Waals surface area contributed by atoms with E-state index in [2.05, 4.69) is 16.6 Å². The molecule has 2 atom stereocenters. The fraction of sp³-hybridized carbons (Fsp3) is 0.536. The van der Waals surface area contributed by atoms with Crippen LogP contribution in [0.15, 0.2) is 24.3 Å². The molecule has 4 amide bonds. The van der Waals surface area contributed by atoms with Crippen molar-refractivity contribution >= 4 is 29.8 Å². The Morgan fingerprint density at radius 2 is 1.69 bits per heavy atom. The van der Waals surface area contributed by atoms with Crippen molar-refractivity contribution in [3.05, 3.63) is 35.4 Å². The van der Waals surface area contributed by atoms with Crippen LogP contribution in [0.25, 0.3) is 0 Å². The molecule has 0 saturated carbocycles. The van der Waals surface area contributed by atoms with Crippen LogP contribution >= 0.6 is 0 Å². The smallest absolute Gasteiger partial charge is 0.408 e. The van der Waals surface area contributed by atoms with Gasteiger partial charge in [-0.15, -0.1) is 6.42 Å². The van der Waals surface area contributed by atoms with E-state index in [1.165, 1.54) is 4.90 Å². The molecule has 0 aliphatic heterocycles. The zero-order chi connectivity index (χ0) is 30.0. The molecule has 1 aromatic carbocycles. The molecule has 11 nitrogen and oxygen atoms in total. The summed E-state index contributed by atoms with van der Waals surface area (Å²) in [7, 11) is 0. The van der Waals surface area contributed by atoms with Gasteiger partial charge < -0.3 is 30.7 Å². The summed E-state index contributed by atoms with van der Waals surface area (Å²) >= 11 is 0. The number of carbonyl (C=O) groups is 5. The van der Waals surface area contributed by atoms with E-state index in [1.54, 1.807) is 72.7 Å². The standard InChI is InChI=1S/C28H40N4O7/c1-9-18-13-11-12-14-19(18)23(24(35)30-16-15-22(34)38-10-2)32(27(3,4)5)25(36)20(17-21(29)33)31-26(37)39-28(6,7)8/h1,11-14,20,23H,10,15-17H2,2-8H3,(H2,29,33)(H,30,35)(H,31,37). The quantitative estimate of drug-likeness (QED) is 0.285. The number of hydrogen-bond donors (Lipinski definition) is 3. The van der Waals surface area contributed by atoms with Crippen LogP contribution in [0, 0.1) is 12.3 Å². The van der Waals surface area contributed by atoms with Gasteiger partial charge in [-0.25, -0.2) is 4.79 Å². The maximum atomic E-state index is 14.1. The van der Waals surface area contributed by atoms with Crippen molar-refractivity contribution in [2.45, 2.75) is 84.5 Å². The molecule has 0 spiro atoms. The zero-order valence-corrected chi connectivity index (χ0v) is 23.8. The van der Waals surface area contributed by atoms with Crippen LogP contribution < -0.4 is 16.4 Å². The first-order chi connectivity index (χ1) is 18.0. The van der Waals surface area contributed by atoms with E-state index in [0.717, 1.165) is 0 Å². The van der Waals surface area contributed by atoms with Crippen molar-refractivity contribution in [2.24, 2.45) is 5.73 Å². The Hall–Kier alpha value is -4.07. The molecule has 0 saturated heterocycles. The van der Waals surface area contributed by atoms with Gasteiger partial charge in [0.2, 0.25) is 17.7 Å². The number of rotatable bonds is 11. The Bertz CT molecular complexity index is 1100. The molecule has 2 unspecified atom stereocenters. The Kier molecular flexibility index (Phi) is 12.0. The first-order valence-corrected chi connectivity index (χ1v) is 12.6. The van der Waals surface area contributed by atoms with E-state index in [9.17, 15) is 24.0 Å². The maximum Gasteiger partial charge on any atom is 0.408 e. The Labute approximate surface area is 230 Å². The van der Waals surface area contributed by atoms with Crippen LogP contribution in [0.3, 0.4) is 0 Å². The molecule has 4 N–H and O–H groups in total. The van der Waals surface area contributed by atoms with Crippen LogP contribution in [-0.2, 0) is 28.7 Å². The highest BCUT2D eigenvalue weighted by Gasteiger charge is 2.43. The number of alkyl carbamates (subject to hydrolysis) is 1. The minimum Gasteiger partial charge on any atom is -0.466 e. The number of terminal acetylenes is 1. The Morgan fingerprint density at radius 1 is 1.08 bits per heavy atom. The highest BCUT2D eigenvalue weighted by Crippen LogP contribution is 2.32. The average molecular weight is 545 g/mol. The minimum atomic E-state index is -1.44. The van der Waals surface area contributed by atoms with Gasteiger partial charge in [0, 0.05) is 17.6 Å². The van der Waals surface area contributed by atoms with E-state index >= 15 is 0 Å². The monoisotopic (exact) mass is 544 g/mol. The summed E-state index contributed by atoms with van der Waals surface area (Å²) in [6.07, 6.45) is 4.15. The molecule has 0 radical (unpaired) electrons. The van der Waals surface area contributed by atoms with Crippen molar-refractivity contribution in [3.63, 3.8) is 0 Å². The number of primary amides is 1. The first-order valence-electron chi connectivity index (χ1n) is 12.6. The number of nitrogens with one attached hydrogen (secondary N) is 2.